The van der Waals surface area contributed by atoms with Gasteiger partial charge in [-0.1, -0.05) is 102 Å². The molecule has 4 bridgehead atoms. The summed E-state index contributed by atoms with van der Waals surface area (Å²) in [7, 11) is 8.93. The molecule has 4 rings (SSSR count). The number of ketones is 4. The summed E-state index contributed by atoms with van der Waals surface area (Å²) < 4.78 is 40.1. The number of fused-ring (bicyclic) bond motifs is 4. The van der Waals surface area contributed by atoms with Crippen LogP contribution in [0.5, 0.6) is 0 Å². The summed E-state index contributed by atoms with van der Waals surface area (Å²) in [5.74, 6) is -4.81. The van der Waals surface area contributed by atoms with E-state index in [1.165, 1.54) is 53.6 Å². The number of carbonyl (C=O) groups is 7. The van der Waals surface area contributed by atoms with Gasteiger partial charge in [0.1, 0.15) is 18.3 Å². The number of amides is 3. The van der Waals surface area contributed by atoms with Crippen molar-refractivity contribution in [2.24, 2.45) is 29.4 Å². The molecule has 13 atom stereocenters. The highest BCUT2D eigenvalue weighted by molar-refractivity contribution is 6.24. The molecule has 3 amide bonds. The second-order valence-corrected chi connectivity index (χ2v) is 21.6. The SMILES string of the molecule is CO[C@H]1[C@H](C)/C=C/[C@H](O)[C@@H](OC)/C=C\C=C(/C)C(=O)NC2=CC(=O)C(NCCCCCCCNC3=C4C[C@H](C)C[C@H](OC)[C@H](O)[C@@H](C)/C=C/[C@@H](OC(N)=O)[C@H](OC)/C=C\C=C(/C)C(=O)NC(=CC3=O)C4=O)=C(C2=O)[C@@H](OC)[C@H](C)C[C@@H]1OC. The highest BCUT2D eigenvalue weighted by Crippen LogP contribution is 2.32. The van der Waals surface area contributed by atoms with E-state index in [0.717, 1.165) is 31.4 Å². The van der Waals surface area contributed by atoms with E-state index < -0.39 is 108 Å². The lowest BCUT2D eigenvalue weighted by Crippen LogP contribution is -2.43. The van der Waals surface area contributed by atoms with Gasteiger partial charge in [0.25, 0.3) is 11.8 Å². The number of methoxy groups -OCH3 is 6. The van der Waals surface area contributed by atoms with Crippen LogP contribution in [-0.4, -0.2) is 162 Å². The summed E-state index contributed by atoms with van der Waals surface area (Å²) >= 11 is 0. The van der Waals surface area contributed by atoms with Crippen molar-refractivity contribution in [2.45, 2.75) is 148 Å². The number of primary amides is 1. The van der Waals surface area contributed by atoms with Crippen LogP contribution in [0.4, 0.5) is 4.79 Å². The fourth-order valence-electron chi connectivity index (χ4n) is 10.4. The van der Waals surface area contributed by atoms with Crippen molar-refractivity contribution in [1.82, 2.24) is 21.3 Å². The van der Waals surface area contributed by atoms with Crippen molar-refractivity contribution in [3.8, 4) is 0 Å². The Hall–Kier alpha value is -6.43. The van der Waals surface area contributed by atoms with Crippen molar-refractivity contribution in [3.05, 3.63) is 118 Å². The van der Waals surface area contributed by atoms with Crippen LogP contribution < -0.4 is 27.0 Å². The molecule has 0 aromatic carbocycles. The zero-order valence-electron chi connectivity index (χ0n) is 50.2. The zero-order valence-corrected chi connectivity index (χ0v) is 50.2. The Morgan fingerprint density at radius 2 is 1.13 bits per heavy atom. The standard InChI is InChI=1S/C62H89N5O16/c1-35-30-41-53(45(69)33-42(56(41)72)66-60(74)39(5)21-19-23-48(78-8)49(83-62(63)76)27-25-36(2)55(71)50(31-35)79-9)64-28-16-14-13-15-17-29-65-54-46(70)34-43-57(73)52(54)59(82-12)40(6)32-51(80-10)58(81-11)37(3)24-26-44(68)47(77-7)22-18-20-38(4)61(75)67-43/h18-27,33-37,40,44,47-51,55,58-59,64-65,68,71H,13-17,28-32H2,1-12H3,(H2,63,76)(H,66,74)(H,67,75)/b22-18-,23-19-,26-24+,27-25+,38-20+,39-21+/t35-,36-,37+,40+,44-,47-,48+,49+,50-,51-,55+,58-,59-/m0/s1. The molecule has 2 heterocycles. The smallest absolute Gasteiger partial charge is 0.405 e. The summed E-state index contributed by atoms with van der Waals surface area (Å²) in [4.78, 5) is 95.4. The average molecular weight is 1160 g/mol. The van der Waals surface area contributed by atoms with Gasteiger partial charge in [-0.05, 0) is 63.9 Å². The molecule has 2 aliphatic carbocycles. The highest BCUT2D eigenvalue weighted by atomic mass is 16.6. The predicted octanol–water partition coefficient (Wildman–Crippen LogP) is 5.06. The van der Waals surface area contributed by atoms with E-state index in [9.17, 15) is 43.8 Å². The quantitative estimate of drug-likeness (QED) is 0.0569. The van der Waals surface area contributed by atoms with E-state index >= 15 is 0 Å². The molecule has 2 aliphatic heterocycles. The first-order valence-corrected chi connectivity index (χ1v) is 28.3. The van der Waals surface area contributed by atoms with E-state index in [2.05, 4.69) is 21.3 Å². The van der Waals surface area contributed by atoms with E-state index in [1.807, 2.05) is 26.8 Å². The summed E-state index contributed by atoms with van der Waals surface area (Å²) in [6.45, 7) is 11.2. The number of nitrogens with one attached hydrogen (secondary N) is 4. The van der Waals surface area contributed by atoms with Gasteiger partial charge in [-0.3, -0.25) is 28.8 Å². The van der Waals surface area contributed by atoms with Gasteiger partial charge in [-0.2, -0.15) is 0 Å². The fraction of sp³-hybridized carbons (Fsp3) is 0.565. The normalized spacial score (nSPS) is 32.4. The van der Waals surface area contributed by atoms with E-state index in [4.69, 9.17) is 38.9 Å². The fourth-order valence-corrected chi connectivity index (χ4v) is 10.4. The monoisotopic (exact) mass is 1160 g/mol. The first kappa shape index (κ1) is 69.1. The number of hydrogen-bond donors (Lipinski definition) is 7. The number of unbranched alkanes of at least 4 members (excludes halogenated alkanes) is 4. The first-order valence-electron chi connectivity index (χ1n) is 28.3. The Morgan fingerprint density at radius 1 is 0.602 bits per heavy atom. The van der Waals surface area contributed by atoms with Crippen LogP contribution >= 0.6 is 0 Å². The van der Waals surface area contributed by atoms with E-state index in [0.29, 0.717) is 32.4 Å². The van der Waals surface area contributed by atoms with Crippen molar-refractivity contribution in [2.75, 3.05) is 55.7 Å². The maximum atomic E-state index is 14.5. The summed E-state index contributed by atoms with van der Waals surface area (Å²) in [5, 5.41) is 34.1. The molecule has 21 nitrogen and oxygen atoms in total. The molecule has 0 radical (unpaired) electrons. The van der Waals surface area contributed by atoms with E-state index in [1.54, 1.807) is 64.5 Å². The Kier molecular flexibility index (Phi) is 28.6. The predicted molar refractivity (Wildman–Crippen MR) is 311 cm³/mol. The Balaban J connectivity index is 1.50. The number of Topliss-reactive ketones (excluding diaryl/α,β-unsaturated/α-hetero) is 2. The van der Waals surface area contributed by atoms with Crippen LogP contribution in [0.25, 0.3) is 0 Å². The third kappa shape index (κ3) is 19.8. The molecule has 4 aliphatic rings. The zero-order chi connectivity index (χ0) is 61.5. The molecule has 21 heteroatoms. The average Bonchev–Trinajstić information content (AvgIpc) is 3.50. The lowest BCUT2D eigenvalue weighted by molar-refractivity contribution is -0.121. The summed E-state index contributed by atoms with van der Waals surface area (Å²) in [6, 6.07) is 0. The van der Waals surface area contributed by atoms with Gasteiger partial charge >= 0.3 is 6.09 Å². The Bertz CT molecular complexity index is 2630. The number of nitrogens with two attached hydrogens (primary N) is 1. The number of aliphatic hydroxyl groups excluding tert-OH is 2. The molecule has 0 unspecified atom stereocenters. The molecule has 458 valence electrons. The van der Waals surface area contributed by atoms with Gasteiger partial charge < -0.3 is 70.4 Å². The van der Waals surface area contributed by atoms with Gasteiger partial charge in [0.2, 0.25) is 23.1 Å². The van der Waals surface area contributed by atoms with Crippen LogP contribution in [0.3, 0.4) is 0 Å². The second-order valence-electron chi connectivity index (χ2n) is 21.6. The molecule has 0 aromatic rings. The Labute approximate surface area is 488 Å². The highest BCUT2D eigenvalue weighted by Gasteiger charge is 2.40. The molecule has 0 aromatic heterocycles. The van der Waals surface area contributed by atoms with Crippen molar-refractivity contribution < 1.29 is 76.9 Å². The minimum Gasteiger partial charge on any atom is -0.439 e. The topological polar surface area (TPSA) is 299 Å². The third-order valence-corrected chi connectivity index (χ3v) is 15.3. The maximum Gasteiger partial charge on any atom is 0.405 e. The molecular formula is C62H89N5O16. The van der Waals surface area contributed by atoms with Crippen LogP contribution in [-0.2, 0) is 61.9 Å². The number of ether oxygens (including phenoxy) is 7. The minimum absolute atomic E-state index is 0.0689. The van der Waals surface area contributed by atoms with Gasteiger partial charge in [0.05, 0.1) is 58.9 Å². The van der Waals surface area contributed by atoms with Crippen LogP contribution in [0, 0.1) is 23.7 Å². The maximum absolute atomic E-state index is 14.5. The first-order chi connectivity index (χ1) is 39.5. The molecule has 0 spiro atoms. The third-order valence-electron chi connectivity index (χ3n) is 15.3. The van der Waals surface area contributed by atoms with Crippen LogP contribution in [0.2, 0.25) is 0 Å². The van der Waals surface area contributed by atoms with Crippen LogP contribution in [0.1, 0.15) is 92.9 Å². The number of carbonyl (C=O) groups excluding carboxylic acids is 7. The van der Waals surface area contributed by atoms with Crippen molar-refractivity contribution in [1.29, 1.82) is 0 Å². The van der Waals surface area contributed by atoms with Gasteiger partial charge in [0.15, 0.2) is 6.10 Å². The number of aliphatic hydroxyl groups is 2. The largest absolute Gasteiger partial charge is 0.439 e. The summed E-state index contributed by atoms with van der Waals surface area (Å²) in [5.41, 5.74) is 5.87. The van der Waals surface area contributed by atoms with Crippen molar-refractivity contribution in [3.63, 3.8) is 0 Å². The Morgan fingerprint density at radius 3 is 1.67 bits per heavy atom. The number of rotatable bonds is 17. The summed E-state index contributed by atoms with van der Waals surface area (Å²) in [6.07, 6.45) is 14.1. The molecule has 0 fully saturated rings. The van der Waals surface area contributed by atoms with Crippen LogP contribution in [0.15, 0.2) is 118 Å². The van der Waals surface area contributed by atoms with Gasteiger partial charge in [-0.25, -0.2) is 4.79 Å². The van der Waals surface area contributed by atoms with Gasteiger partial charge in [0, 0.05) is 96.5 Å². The molecule has 83 heavy (non-hydrogen) atoms. The molecular weight excluding hydrogens is 1070 g/mol. The van der Waals surface area contributed by atoms with Crippen molar-refractivity contribution >= 4 is 41.0 Å². The van der Waals surface area contributed by atoms with E-state index in [-0.39, 0.29) is 69.8 Å². The second kappa shape index (κ2) is 34.4. The molecule has 0 saturated carbocycles. The lowest BCUT2D eigenvalue weighted by atomic mass is 9.83. The molecule has 0 saturated heterocycles. The number of hydrogen-bond acceptors (Lipinski definition) is 18. The lowest BCUT2D eigenvalue weighted by Gasteiger charge is -2.34. The van der Waals surface area contributed by atoms with Gasteiger partial charge in [-0.15, -0.1) is 0 Å². The minimum atomic E-state index is -1.04. The number of allylic oxidation sites excluding steroid dienone is 8. The molecule has 8 N–H and O–H groups in total.